The zero-order valence-electron chi connectivity index (χ0n) is 30.7. The minimum Gasteiger partial charge on any atom is -0.363 e. The Bertz CT molecular complexity index is 1220. The summed E-state index contributed by atoms with van der Waals surface area (Å²) in [5.74, 6) is -2.48. The van der Waals surface area contributed by atoms with Crippen molar-refractivity contribution in [2.24, 2.45) is 28.4 Å². The molecular formula is C35H60N6O5S2. The molecule has 11 nitrogen and oxygen atoms in total. The second kappa shape index (κ2) is 18.4. The van der Waals surface area contributed by atoms with E-state index in [0.29, 0.717) is 25.9 Å². The number of nitrogens with one attached hydrogen (secondary N) is 3. The van der Waals surface area contributed by atoms with Crippen molar-refractivity contribution in [2.75, 3.05) is 20.1 Å². The molecule has 0 aromatic carbocycles. The lowest BCUT2D eigenvalue weighted by molar-refractivity contribution is -0.143. The maximum Gasteiger partial charge on any atom is 0.315 e. The third-order valence-corrected chi connectivity index (χ3v) is 10.6. The van der Waals surface area contributed by atoms with Crippen LogP contribution < -0.4 is 21.7 Å². The average Bonchev–Trinajstić information content (AvgIpc) is 3.60. The first-order valence-electron chi connectivity index (χ1n) is 17.2. The van der Waals surface area contributed by atoms with E-state index in [1.54, 1.807) is 23.3 Å². The van der Waals surface area contributed by atoms with E-state index in [4.69, 9.17) is 5.73 Å². The third-order valence-electron chi connectivity index (χ3n) is 8.69. The molecule has 1 aliphatic heterocycles. The van der Waals surface area contributed by atoms with E-state index in [2.05, 4.69) is 60.9 Å². The highest BCUT2D eigenvalue weighted by Crippen LogP contribution is 2.32. The van der Waals surface area contributed by atoms with E-state index in [0.717, 1.165) is 23.5 Å². The summed E-state index contributed by atoms with van der Waals surface area (Å²) >= 11 is 3.27. The summed E-state index contributed by atoms with van der Waals surface area (Å²) in [5.41, 5.74) is 4.36. The van der Waals surface area contributed by atoms with Gasteiger partial charge in [-0.3, -0.25) is 19.2 Å². The molecule has 5 N–H and O–H groups in total. The number of carbonyl (C=O) groups is 5. The fraction of sp³-hybridized carbons (Fsp3) is 0.743. The molecule has 0 bridgehead atoms. The molecule has 1 saturated carbocycles. The SMILES string of the molecule is CC1CC(C(=O)NC(CC2CCC2)C(=O)C(N)=O)N(C(=O)C(NC(=O)NC(CN(C)Sc2cccs2)C(C)(C)C)C(C)(C)C)C1.CCC. The van der Waals surface area contributed by atoms with Gasteiger partial charge in [-0.2, -0.15) is 0 Å². The number of likely N-dealkylation sites (tertiary alicyclic amines) is 1. The normalized spacial score (nSPS) is 20.1. The largest absolute Gasteiger partial charge is 0.363 e. The number of hydrogen-bond acceptors (Lipinski definition) is 8. The number of hydrogen-bond donors (Lipinski definition) is 4. The Morgan fingerprint density at radius 1 is 1.04 bits per heavy atom. The van der Waals surface area contributed by atoms with Gasteiger partial charge in [0, 0.05) is 19.1 Å². The van der Waals surface area contributed by atoms with Gasteiger partial charge in [-0.15, -0.1) is 11.3 Å². The molecule has 48 heavy (non-hydrogen) atoms. The van der Waals surface area contributed by atoms with Crippen LogP contribution in [-0.2, 0) is 19.2 Å². The van der Waals surface area contributed by atoms with Crippen LogP contribution in [0.25, 0.3) is 0 Å². The lowest BCUT2D eigenvalue weighted by Gasteiger charge is -2.38. The predicted molar refractivity (Wildman–Crippen MR) is 194 cm³/mol. The van der Waals surface area contributed by atoms with Crippen LogP contribution in [0.1, 0.15) is 101 Å². The summed E-state index contributed by atoms with van der Waals surface area (Å²) in [6.07, 6.45) is 4.93. The van der Waals surface area contributed by atoms with Crippen molar-refractivity contribution in [1.29, 1.82) is 0 Å². The van der Waals surface area contributed by atoms with Crippen LogP contribution in [0.15, 0.2) is 21.7 Å². The molecule has 5 unspecified atom stereocenters. The Balaban J connectivity index is 0.00000257. The number of Topliss-reactive ketones (excluding diaryl/α,β-unsaturated/α-hetero) is 1. The Morgan fingerprint density at radius 2 is 1.67 bits per heavy atom. The van der Waals surface area contributed by atoms with Crippen LogP contribution in [0, 0.1) is 22.7 Å². The highest BCUT2D eigenvalue weighted by Gasteiger charge is 2.45. The van der Waals surface area contributed by atoms with Crippen molar-refractivity contribution in [2.45, 2.75) is 129 Å². The van der Waals surface area contributed by atoms with Gasteiger partial charge in [0.15, 0.2) is 0 Å². The summed E-state index contributed by atoms with van der Waals surface area (Å²) in [4.78, 5) is 67.1. The van der Waals surface area contributed by atoms with Gasteiger partial charge >= 0.3 is 6.03 Å². The summed E-state index contributed by atoms with van der Waals surface area (Å²) in [7, 11) is 1.98. The molecule has 2 aliphatic rings. The number of likely N-dealkylation sites (N-methyl/N-ethyl adjacent to an activating group) is 1. The van der Waals surface area contributed by atoms with E-state index in [-0.39, 0.29) is 29.2 Å². The topological polar surface area (TPSA) is 154 Å². The Morgan fingerprint density at radius 3 is 2.15 bits per heavy atom. The Hall–Kier alpha value is -2.64. The lowest BCUT2D eigenvalue weighted by Crippen LogP contribution is -2.61. The number of rotatable bonds is 13. The fourth-order valence-corrected chi connectivity index (χ4v) is 7.56. The fourth-order valence-electron chi connectivity index (χ4n) is 5.72. The molecule has 3 rings (SSSR count). The van der Waals surface area contributed by atoms with Crippen molar-refractivity contribution < 1.29 is 24.0 Å². The molecule has 5 amide bonds. The van der Waals surface area contributed by atoms with Crippen LogP contribution in [0.5, 0.6) is 0 Å². The van der Waals surface area contributed by atoms with Gasteiger partial charge in [0.2, 0.25) is 17.6 Å². The quantitative estimate of drug-likeness (QED) is 0.162. The highest BCUT2D eigenvalue weighted by molar-refractivity contribution is 7.98. The van der Waals surface area contributed by atoms with Crippen molar-refractivity contribution in [3.8, 4) is 0 Å². The van der Waals surface area contributed by atoms with E-state index < -0.39 is 47.2 Å². The number of nitrogens with zero attached hydrogens (tertiary/aromatic N) is 2. The summed E-state index contributed by atoms with van der Waals surface area (Å²) < 4.78 is 3.24. The van der Waals surface area contributed by atoms with Gasteiger partial charge in [0.05, 0.1) is 10.3 Å². The first-order valence-corrected chi connectivity index (χ1v) is 18.9. The Labute approximate surface area is 296 Å². The second-order valence-electron chi connectivity index (χ2n) is 15.5. The minimum absolute atomic E-state index is 0.0257. The zero-order chi connectivity index (χ0) is 36.4. The van der Waals surface area contributed by atoms with Crippen LogP contribution in [0.4, 0.5) is 4.79 Å². The molecule has 5 atom stereocenters. The maximum absolute atomic E-state index is 14.1. The molecule has 13 heteroatoms. The number of amides is 5. The maximum atomic E-state index is 14.1. The van der Waals surface area contributed by atoms with E-state index in [1.165, 1.54) is 11.3 Å². The second-order valence-corrected chi connectivity index (χ2v) is 18.0. The number of urea groups is 1. The smallest absolute Gasteiger partial charge is 0.315 e. The number of ketones is 1. The van der Waals surface area contributed by atoms with E-state index in [9.17, 15) is 24.0 Å². The first kappa shape index (κ1) is 41.5. The first-order chi connectivity index (χ1) is 22.3. The van der Waals surface area contributed by atoms with Gasteiger partial charge in [0.1, 0.15) is 12.1 Å². The monoisotopic (exact) mass is 708 g/mol. The lowest BCUT2D eigenvalue weighted by atomic mass is 9.80. The number of nitrogens with two attached hydrogens (primary N) is 1. The van der Waals surface area contributed by atoms with Crippen molar-refractivity contribution >= 4 is 52.8 Å². The molecule has 0 radical (unpaired) electrons. The summed E-state index contributed by atoms with van der Waals surface area (Å²) in [6, 6.07) is 0.591. The van der Waals surface area contributed by atoms with Gasteiger partial charge in [-0.1, -0.05) is 94.1 Å². The standard InChI is InChI=1S/C32H52N6O5S2.C3H8/c1-19-15-22(28(41)34-21(25(39)27(33)40)16-20-11-9-12-20)38(17-19)29(42)26(32(5,6)7)36-30(43)35-23(31(2,3)4)18-37(8)45-24-13-10-14-44-24;1-3-2/h10,13-14,19-23,26H,9,11-12,15-18H2,1-8H3,(H2,33,40)(H,34,41)(H2,35,36,43);3H2,1-2H3. The van der Waals surface area contributed by atoms with Crippen LogP contribution in [0.3, 0.4) is 0 Å². The van der Waals surface area contributed by atoms with Crippen molar-refractivity contribution in [3.05, 3.63) is 17.5 Å². The highest BCUT2D eigenvalue weighted by atomic mass is 32.2. The van der Waals surface area contributed by atoms with Crippen LogP contribution in [-0.4, -0.2) is 83.0 Å². The number of primary amides is 1. The molecule has 0 spiro atoms. The third kappa shape index (κ3) is 12.7. The molecule has 2 fully saturated rings. The van der Waals surface area contributed by atoms with Crippen LogP contribution >= 0.6 is 23.3 Å². The van der Waals surface area contributed by atoms with Gasteiger partial charge in [0.25, 0.3) is 5.91 Å². The van der Waals surface area contributed by atoms with E-state index in [1.807, 2.05) is 46.2 Å². The molecule has 2 heterocycles. The predicted octanol–water partition coefficient (Wildman–Crippen LogP) is 5.20. The van der Waals surface area contributed by atoms with Crippen molar-refractivity contribution in [1.82, 2.24) is 25.2 Å². The Kier molecular flexibility index (Phi) is 15.9. The molecule has 1 aromatic heterocycles. The zero-order valence-corrected chi connectivity index (χ0v) is 32.3. The van der Waals surface area contributed by atoms with Gasteiger partial charge < -0.3 is 26.6 Å². The summed E-state index contributed by atoms with van der Waals surface area (Å²) in [5, 5.41) is 10.8. The molecule has 1 aliphatic carbocycles. The molecule has 1 saturated heterocycles. The number of carbonyl (C=O) groups excluding carboxylic acids is 5. The van der Waals surface area contributed by atoms with Gasteiger partial charge in [-0.25, -0.2) is 9.10 Å². The minimum atomic E-state index is -1.08. The molecular weight excluding hydrogens is 649 g/mol. The number of thiophene rings is 1. The molecule has 1 aromatic rings. The van der Waals surface area contributed by atoms with Crippen LogP contribution in [0.2, 0.25) is 0 Å². The van der Waals surface area contributed by atoms with Crippen molar-refractivity contribution in [3.63, 3.8) is 0 Å². The molecule has 272 valence electrons. The van der Waals surface area contributed by atoms with Gasteiger partial charge in [-0.05, 0) is 65.9 Å². The summed E-state index contributed by atoms with van der Waals surface area (Å²) in [6.45, 7) is 18.9. The van der Waals surface area contributed by atoms with E-state index >= 15 is 0 Å². The average molecular weight is 709 g/mol.